The largest absolute Gasteiger partial charge is 0.454 e. The van der Waals surface area contributed by atoms with Gasteiger partial charge in [0.1, 0.15) is 0 Å². The number of rotatable bonds is 6. The zero-order valence-corrected chi connectivity index (χ0v) is 16.7. The zero-order valence-electron chi connectivity index (χ0n) is 15.1. The van der Waals surface area contributed by atoms with Gasteiger partial charge in [-0.1, -0.05) is 18.0 Å². The van der Waals surface area contributed by atoms with Crippen molar-refractivity contribution in [1.29, 1.82) is 0 Å². The fourth-order valence-electron chi connectivity index (χ4n) is 2.95. The van der Waals surface area contributed by atoms with Crippen LogP contribution in [0.25, 0.3) is 0 Å². The van der Waals surface area contributed by atoms with Crippen LogP contribution >= 0.6 is 11.6 Å². The van der Waals surface area contributed by atoms with Gasteiger partial charge >= 0.3 is 5.97 Å². The molecular formula is C20H20ClNO5S. The number of hydrogen-bond acceptors (Lipinski definition) is 5. The number of benzene rings is 2. The number of halogens is 1. The third-order valence-corrected chi connectivity index (χ3v) is 6.71. The van der Waals surface area contributed by atoms with Gasteiger partial charge in [-0.15, -0.1) is 0 Å². The van der Waals surface area contributed by atoms with Crippen molar-refractivity contribution in [2.24, 2.45) is 0 Å². The van der Waals surface area contributed by atoms with E-state index in [0.717, 1.165) is 19.3 Å². The summed E-state index contributed by atoms with van der Waals surface area (Å²) in [5, 5.41) is 0.508. The van der Waals surface area contributed by atoms with E-state index < -0.39 is 22.6 Å². The van der Waals surface area contributed by atoms with Crippen molar-refractivity contribution in [1.82, 2.24) is 4.31 Å². The molecule has 0 radical (unpaired) electrons. The van der Waals surface area contributed by atoms with Gasteiger partial charge in [-0.25, -0.2) is 13.2 Å². The third kappa shape index (κ3) is 4.79. The first-order valence-corrected chi connectivity index (χ1v) is 10.8. The van der Waals surface area contributed by atoms with Crippen molar-refractivity contribution in [3.05, 3.63) is 64.7 Å². The number of nitrogens with zero attached hydrogens (tertiary/aromatic N) is 1. The predicted octanol–water partition coefficient (Wildman–Crippen LogP) is 3.55. The van der Waals surface area contributed by atoms with E-state index in [0.29, 0.717) is 23.7 Å². The molecule has 0 spiro atoms. The normalized spacial score (nSPS) is 15.2. The lowest BCUT2D eigenvalue weighted by atomic mass is 10.1. The lowest BCUT2D eigenvalue weighted by Crippen LogP contribution is -2.35. The summed E-state index contributed by atoms with van der Waals surface area (Å²) in [7, 11) is -3.55. The van der Waals surface area contributed by atoms with Crippen LogP contribution in [0.4, 0.5) is 0 Å². The Kier molecular flexibility index (Phi) is 6.49. The summed E-state index contributed by atoms with van der Waals surface area (Å²) in [6, 6.07) is 11.8. The maximum atomic E-state index is 12.6. The smallest absolute Gasteiger partial charge is 0.338 e. The Hall–Kier alpha value is -2.22. The molecule has 1 fully saturated rings. The average Bonchev–Trinajstić information content (AvgIpc) is 2.73. The molecule has 0 unspecified atom stereocenters. The molecule has 0 aliphatic carbocycles. The van der Waals surface area contributed by atoms with Crippen LogP contribution in [0.1, 0.15) is 40.0 Å². The highest BCUT2D eigenvalue weighted by Gasteiger charge is 2.26. The van der Waals surface area contributed by atoms with Gasteiger partial charge in [0, 0.05) is 23.7 Å². The molecule has 1 heterocycles. The maximum absolute atomic E-state index is 12.6. The Bertz CT molecular complexity index is 949. The number of sulfonamides is 1. The summed E-state index contributed by atoms with van der Waals surface area (Å²) >= 11 is 5.78. The van der Waals surface area contributed by atoms with Crippen LogP contribution in [0, 0.1) is 0 Å². The fourth-order valence-corrected chi connectivity index (χ4v) is 4.59. The molecule has 3 rings (SSSR count). The molecule has 0 saturated carbocycles. The van der Waals surface area contributed by atoms with Gasteiger partial charge in [0.2, 0.25) is 10.0 Å². The van der Waals surface area contributed by atoms with Crippen LogP contribution in [0.2, 0.25) is 5.02 Å². The molecule has 6 nitrogen and oxygen atoms in total. The van der Waals surface area contributed by atoms with E-state index in [2.05, 4.69) is 0 Å². The van der Waals surface area contributed by atoms with E-state index in [9.17, 15) is 18.0 Å². The summed E-state index contributed by atoms with van der Waals surface area (Å²) in [6.45, 7) is 0.617. The summed E-state index contributed by atoms with van der Waals surface area (Å²) in [5.41, 5.74) is 0.571. The van der Waals surface area contributed by atoms with E-state index >= 15 is 0 Å². The molecule has 28 heavy (non-hydrogen) atoms. The van der Waals surface area contributed by atoms with E-state index in [-0.39, 0.29) is 16.2 Å². The van der Waals surface area contributed by atoms with E-state index in [4.69, 9.17) is 16.3 Å². The zero-order chi connectivity index (χ0) is 20.1. The Labute approximate surface area is 169 Å². The number of hydrogen-bond donors (Lipinski definition) is 0. The molecule has 2 aromatic rings. The number of ketones is 1. The van der Waals surface area contributed by atoms with Gasteiger partial charge < -0.3 is 4.74 Å². The van der Waals surface area contributed by atoms with Crippen LogP contribution < -0.4 is 0 Å². The Morgan fingerprint density at radius 3 is 2.07 bits per heavy atom. The molecule has 148 valence electrons. The average molecular weight is 422 g/mol. The molecule has 0 N–H and O–H groups in total. The molecule has 2 aromatic carbocycles. The number of esters is 1. The fraction of sp³-hybridized carbons (Fsp3) is 0.300. The lowest BCUT2D eigenvalue weighted by molar-refractivity contribution is 0.0474. The summed E-state index contributed by atoms with van der Waals surface area (Å²) in [6.07, 6.45) is 2.74. The number of piperidine rings is 1. The second kappa shape index (κ2) is 8.86. The van der Waals surface area contributed by atoms with E-state index in [1.54, 1.807) is 24.3 Å². The lowest BCUT2D eigenvalue weighted by Gasteiger charge is -2.25. The van der Waals surface area contributed by atoms with Crippen molar-refractivity contribution in [3.63, 3.8) is 0 Å². The SMILES string of the molecule is O=C(COC(=O)c1ccc(S(=O)(=O)N2CCCCC2)cc1)c1ccc(Cl)cc1. The van der Waals surface area contributed by atoms with Crippen molar-refractivity contribution < 1.29 is 22.7 Å². The number of carbonyl (C=O) groups excluding carboxylic acids is 2. The van der Waals surface area contributed by atoms with Crippen LogP contribution in [0.5, 0.6) is 0 Å². The Balaban J connectivity index is 1.62. The molecular weight excluding hydrogens is 402 g/mol. The van der Waals surface area contributed by atoms with Gasteiger partial charge in [-0.2, -0.15) is 4.31 Å². The van der Waals surface area contributed by atoms with Gasteiger partial charge in [0.05, 0.1) is 10.5 Å². The summed E-state index contributed by atoms with van der Waals surface area (Å²) in [4.78, 5) is 24.3. The highest BCUT2D eigenvalue weighted by molar-refractivity contribution is 7.89. The number of carbonyl (C=O) groups is 2. The van der Waals surface area contributed by atoms with Gasteiger partial charge in [0.15, 0.2) is 12.4 Å². The maximum Gasteiger partial charge on any atom is 0.338 e. The molecule has 1 aliphatic rings. The highest BCUT2D eigenvalue weighted by atomic mass is 35.5. The molecule has 8 heteroatoms. The van der Waals surface area contributed by atoms with Crippen LogP contribution in [-0.2, 0) is 14.8 Å². The molecule has 0 aromatic heterocycles. The van der Waals surface area contributed by atoms with Gasteiger partial charge in [-0.05, 0) is 61.4 Å². The van der Waals surface area contributed by atoms with Crippen molar-refractivity contribution >= 4 is 33.4 Å². The van der Waals surface area contributed by atoms with Crippen molar-refractivity contribution in [2.45, 2.75) is 24.2 Å². The number of ether oxygens (including phenoxy) is 1. The topological polar surface area (TPSA) is 80.8 Å². The van der Waals surface area contributed by atoms with Crippen molar-refractivity contribution in [2.75, 3.05) is 19.7 Å². The minimum atomic E-state index is -3.55. The minimum Gasteiger partial charge on any atom is -0.454 e. The van der Waals surface area contributed by atoms with Crippen molar-refractivity contribution in [3.8, 4) is 0 Å². The standard InChI is InChI=1S/C20H20ClNO5S/c21-17-8-4-15(5-9-17)19(23)14-27-20(24)16-6-10-18(11-7-16)28(25,26)22-12-2-1-3-13-22/h4-11H,1-3,12-14H2. The molecule has 0 bridgehead atoms. The van der Waals surface area contributed by atoms with E-state index in [1.807, 2.05) is 0 Å². The first kappa shape index (κ1) is 20.5. The van der Waals surface area contributed by atoms with Crippen LogP contribution in [-0.4, -0.2) is 44.2 Å². The number of Topliss-reactive ketones (excluding diaryl/α,β-unsaturated/α-hetero) is 1. The Morgan fingerprint density at radius 1 is 0.893 bits per heavy atom. The molecule has 0 atom stereocenters. The summed E-state index contributed by atoms with van der Waals surface area (Å²) in [5.74, 6) is -1.04. The van der Waals surface area contributed by atoms with Crippen LogP contribution in [0.3, 0.4) is 0 Å². The third-order valence-electron chi connectivity index (χ3n) is 4.54. The quantitative estimate of drug-likeness (QED) is 0.526. The van der Waals surface area contributed by atoms with E-state index in [1.165, 1.54) is 28.6 Å². The Morgan fingerprint density at radius 2 is 1.46 bits per heavy atom. The molecule has 0 amide bonds. The van der Waals surface area contributed by atoms with Gasteiger partial charge in [0.25, 0.3) is 0 Å². The predicted molar refractivity (Wildman–Crippen MR) is 105 cm³/mol. The second-order valence-corrected chi connectivity index (χ2v) is 8.87. The minimum absolute atomic E-state index is 0.142. The second-order valence-electron chi connectivity index (χ2n) is 6.50. The highest BCUT2D eigenvalue weighted by Crippen LogP contribution is 2.21. The molecule has 1 aliphatic heterocycles. The first-order valence-electron chi connectivity index (χ1n) is 8.94. The summed E-state index contributed by atoms with van der Waals surface area (Å²) < 4.78 is 31.7. The van der Waals surface area contributed by atoms with Crippen LogP contribution in [0.15, 0.2) is 53.4 Å². The monoisotopic (exact) mass is 421 g/mol. The molecule has 1 saturated heterocycles. The van der Waals surface area contributed by atoms with Gasteiger partial charge in [-0.3, -0.25) is 4.79 Å². The first-order chi connectivity index (χ1) is 13.4.